The Morgan fingerprint density at radius 3 is 2.44 bits per heavy atom. The summed E-state index contributed by atoms with van der Waals surface area (Å²) in [4.78, 5) is 13.0. The zero-order valence-corrected chi connectivity index (χ0v) is 15.9. The topological polar surface area (TPSA) is 78.4 Å². The van der Waals surface area contributed by atoms with E-state index in [-0.39, 0.29) is 5.03 Å². The predicted octanol–water partition coefficient (Wildman–Crippen LogP) is 2.18. The molecule has 0 radical (unpaired) electrons. The maximum atomic E-state index is 12.7. The van der Waals surface area contributed by atoms with Crippen molar-refractivity contribution in [2.45, 2.75) is 5.03 Å². The largest absolute Gasteiger partial charge is 0.368 e. The van der Waals surface area contributed by atoms with Gasteiger partial charge in [0.15, 0.2) is 5.03 Å². The number of sulfonamides is 1. The van der Waals surface area contributed by atoms with E-state index in [1.165, 1.54) is 12.3 Å². The predicted molar refractivity (Wildman–Crippen MR) is 106 cm³/mol. The highest BCUT2D eigenvalue weighted by Crippen LogP contribution is 2.32. The molecule has 27 heavy (non-hydrogen) atoms. The summed E-state index contributed by atoms with van der Waals surface area (Å²) in [5.41, 5.74) is 2.16. The molecular weight excluding hydrogens is 362 g/mol. The summed E-state index contributed by atoms with van der Waals surface area (Å²) >= 11 is 0. The second kappa shape index (κ2) is 7.13. The van der Waals surface area contributed by atoms with Gasteiger partial charge in [-0.1, -0.05) is 6.07 Å². The Balaban J connectivity index is 1.72. The van der Waals surface area contributed by atoms with Crippen LogP contribution in [0.1, 0.15) is 0 Å². The van der Waals surface area contributed by atoms with Gasteiger partial charge in [-0.2, -0.15) is 8.42 Å². The number of fused-ring (bicyclic) bond motifs is 1. The smallest absolute Gasteiger partial charge is 0.279 e. The number of nitrogens with zero attached hydrogens (tertiary/aromatic N) is 4. The molecule has 0 amide bonds. The number of nitrogens with one attached hydrogen (secondary N) is 1. The summed E-state index contributed by atoms with van der Waals surface area (Å²) in [5, 5.41) is 0.917. The van der Waals surface area contributed by atoms with Gasteiger partial charge in [0.1, 0.15) is 0 Å². The lowest BCUT2D eigenvalue weighted by Gasteiger charge is -2.34. The molecule has 1 aromatic carbocycles. The van der Waals surface area contributed by atoms with Gasteiger partial charge in [-0.25, -0.2) is 4.98 Å². The van der Waals surface area contributed by atoms with Crippen molar-refractivity contribution >= 4 is 32.3 Å². The Labute approximate surface area is 158 Å². The first kappa shape index (κ1) is 17.7. The Bertz CT molecular complexity index is 1050. The molecule has 0 atom stereocenters. The number of rotatable bonds is 4. The lowest BCUT2D eigenvalue weighted by molar-refractivity contribution is 0.313. The van der Waals surface area contributed by atoms with Gasteiger partial charge in [0.2, 0.25) is 0 Å². The number of benzene rings is 1. The van der Waals surface area contributed by atoms with Crippen molar-refractivity contribution < 1.29 is 8.42 Å². The van der Waals surface area contributed by atoms with E-state index in [1.54, 1.807) is 24.4 Å². The summed E-state index contributed by atoms with van der Waals surface area (Å²) in [6, 6.07) is 12.4. The average Bonchev–Trinajstić information content (AvgIpc) is 2.70. The minimum absolute atomic E-state index is 0.0165. The number of hydrogen-bond acceptors (Lipinski definition) is 6. The fourth-order valence-electron chi connectivity index (χ4n) is 3.27. The molecule has 1 fully saturated rings. The molecule has 0 spiro atoms. The van der Waals surface area contributed by atoms with Crippen LogP contribution in [0.25, 0.3) is 10.9 Å². The molecule has 0 aliphatic carbocycles. The Kier molecular flexibility index (Phi) is 4.67. The van der Waals surface area contributed by atoms with E-state index in [0.29, 0.717) is 11.2 Å². The molecule has 1 N–H and O–H groups in total. The third-order valence-electron chi connectivity index (χ3n) is 4.75. The van der Waals surface area contributed by atoms with E-state index in [2.05, 4.69) is 31.5 Å². The van der Waals surface area contributed by atoms with Crippen molar-refractivity contribution in [1.82, 2.24) is 14.9 Å². The summed E-state index contributed by atoms with van der Waals surface area (Å²) in [5.74, 6) is 0. The third kappa shape index (κ3) is 3.58. The highest BCUT2D eigenvalue weighted by molar-refractivity contribution is 7.92. The summed E-state index contributed by atoms with van der Waals surface area (Å²) in [6.45, 7) is 3.85. The van der Waals surface area contributed by atoms with Gasteiger partial charge in [-0.05, 0) is 43.4 Å². The first-order valence-electron chi connectivity index (χ1n) is 8.80. The van der Waals surface area contributed by atoms with Crippen molar-refractivity contribution in [1.29, 1.82) is 0 Å². The van der Waals surface area contributed by atoms with Crippen LogP contribution in [0.5, 0.6) is 0 Å². The Morgan fingerprint density at radius 2 is 1.70 bits per heavy atom. The van der Waals surface area contributed by atoms with Crippen molar-refractivity contribution in [3.05, 3.63) is 54.9 Å². The molecule has 3 aromatic rings. The SMILES string of the molecule is CN1CCN(c2ccc(NS(=O)(=O)c3ccccn3)c3ncccc23)CC1. The summed E-state index contributed by atoms with van der Waals surface area (Å²) in [6.07, 6.45) is 3.13. The standard InChI is InChI=1S/C19H21N5O2S/c1-23-11-13-24(14-12-23)17-8-7-16(19-15(17)5-4-10-21-19)22-27(25,26)18-6-2-3-9-20-18/h2-10,22H,11-14H2,1H3. The quantitative estimate of drug-likeness (QED) is 0.744. The van der Waals surface area contributed by atoms with Crippen LogP contribution >= 0.6 is 0 Å². The van der Waals surface area contributed by atoms with Gasteiger partial charge >= 0.3 is 0 Å². The minimum atomic E-state index is -3.77. The van der Waals surface area contributed by atoms with Crippen LogP contribution < -0.4 is 9.62 Å². The van der Waals surface area contributed by atoms with Crippen LogP contribution in [0.3, 0.4) is 0 Å². The van der Waals surface area contributed by atoms with Crippen LogP contribution in [0.2, 0.25) is 0 Å². The van der Waals surface area contributed by atoms with Gasteiger partial charge in [0.05, 0.1) is 11.2 Å². The van der Waals surface area contributed by atoms with Crippen LogP contribution in [-0.4, -0.2) is 56.5 Å². The van der Waals surface area contributed by atoms with E-state index in [4.69, 9.17) is 0 Å². The van der Waals surface area contributed by atoms with Gasteiger partial charge in [0.25, 0.3) is 10.0 Å². The van der Waals surface area contributed by atoms with Crippen LogP contribution in [0.15, 0.2) is 59.9 Å². The van der Waals surface area contributed by atoms with Gasteiger partial charge in [-0.15, -0.1) is 0 Å². The van der Waals surface area contributed by atoms with E-state index in [0.717, 1.165) is 37.3 Å². The summed E-state index contributed by atoms with van der Waals surface area (Å²) in [7, 11) is -1.65. The van der Waals surface area contributed by atoms with Crippen molar-refractivity contribution in [2.24, 2.45) is 0 Å². The first-order valence-corrected chi connectivity index (χ1v) is 10.3. The zero-order valence-electron chi connectivity index (χ0n) is 15.0. The number of hydrogen-bond donors (Lipinski definition) is 1. The fourth-order valence-corrected chi connectivity index (χ4v) is 4.28. The van der Waals surface area contributed by atoms with Crippen LogP contribution in [0.4, 0.5) is 11.4 Å². The number of piperazine rings is 1. The lowest BCUT2D eigenvalue weighted by atomic mass is 10.1. The molecule has 0 unspecified atom stereocenters. The molecule has 4 rings (SSSR count). The van der Waals surface area contributed by atoms with Gasteiger partial charge < -0.3 is 9.80 Å². The van der Waals surface area contributed by atoms with E-state index < -0.39 is 10.0 Å². The number of aromatic nitrogens is 2. The molecule has 1 aliphatic heterocycles. The minimum Gasteiger partial charge on any atom is -0.368 e. The fraction of sp³-hybridized carbons (Fsp3) is 0.263. The molecule has 0 bridgehead atoms. The lowest BCUT2D eigenvalue weighted by Crippen LogP contribution is -2.44. The van der Waals surface area contributed by atoms with E-state index in [9.17, 15) is 8.42 Å². The van der Waals surface area contributed by atoms with Gasteiger partial charge in [0, 0.05) is 49.6 Å². The van der Waals surface area contributed by atoms with Crippen molar-refractivity contribution in [3.8, 4) is 0 Å². The highest BCUT2D eigenvalue weighted by atomic mass is 32.2. The highest BCUT2D eigenvalue weighted by Gasteiger charge is 2.20. The molecule has 7 nitrogen and oxygen atoms in total. The molecular formula is C19H21N5O2S. The van der Waals surface area contributed by atoms with Crippen molar-refractivity contribution in [2.75, 3.05) is 42.8 Å². The second-order valence-corrected chi connectivity index (χ2v) is 8.22. The van der Waals surface area contributed by atoms with Crippen molar-refractivity contribution in [3.63, 3.8) is 0 Å². The average molecular weight is 383 g/mol. The maximum Gasteiger partial charge on any atom is 0.279 e. The molecule has 140 valence electrons. The zero-order chi connectivity index (χ0) is 18.9. The number of likely N-dealkylation sites (N-methyl/N-ethyl adjacent to an activating group) is 1. The molecule has 3 heterocycles. The second-order valence-electron chi connectivity index (χ2n) is 6.60. The maximum absolute atomic E-state index is 12.7. The van der Waals surface area contributed by atoms with Crippen LogP contribution in [0, 0.1) is 0 Å². The molecule has 2 aromatic heterocycles. The monoisotopic (exact) mass is 383 g/mol. The third-order valence-corrected chi connectivity index (χ3v) is 6.03. The molecule has 8 heteroatoms. The van der Waals surface area contributed by atoms with E-state index >= 15 is 0 Å². The Hall–Kier alpha value is -2.71. The molecule has 1 saturated heterocycles. The normalized spacial score (nSPS) is 15.8. The molecule has 0 saturated carbocycles. The van der Waals surface area contributed by atoms with Gasteiger partial charge in [-0.3, -0.25) is 9.71 Å². The number of anilines is 2. The molecule has 1 aliphatic rings. The van der Waals surface area contributed by atoms with Crippen LogP contribution in [-0.2, 0) is 10.0 Å². The first-order chi connectivity index (χ1) is 13.0. The Morgan fingerprint density at radius 1 is 0.926 bits per heavy atom. The summed E-state index contributed by atoms with van der Waals surface area (Å²) < 4.78 is 27.9. The van der Waals surface area contributed by atoms with E-state index in [1.807, 2.05) is 18.2 Å². The number of pyridine rings is 2.